The second-order valence-corrected chi connectivity index (χ2v) is 23.3. The first kappa shape index (κ1) is 45.4. The van der Waals surface area contributed by atoms with E-state index in [4.69, 9.17) is 8.22 Å². The quantitative estimate of drug-likeness (QED) is 0.101. The van der Waals surface area contributed by atoms with Crippen molar-refractivity contribution < 1.29 is 13.7 Å². The maximum Gasteiger partial charge on any atom is 0.0714 e. The van der Waals surface area contributed by atoms with Gasteiger partial charge < -0.3 is 9.80 Å². The van der Waals surface area contributed by atoms with Crippen molar-refractivity contribution in [2.75, 3.05) is 9.80 Å². The van der Waals surface area contributed by atoms with Gasteiger partial charge in [-0.15, -0.1) is 0 Å². The van der Waals surface area contributed by atoms with Crippen LogP contribution in [-0.2, 0) is 10.8 Å². The zero-order chi connectivity index (χ0) is 70.3. The van der Waals surface area contributed by atoms with Gasteiger partial charge in [-0.05, 0) is 184 Å². The monoisotopic (exact) mass is 1180 g/mol. The van der Waals surface area contributed by atoms with Crippen LogP contribution in [0.25, 0.3) is 67.8 Å². The fraction of sp³-hybridized carbons (Fsp3) is 0.0222. The molecule has 2 aliphatic rings. The first-order valence-electron chi connectivity index (χ1n) is 35.9. The van der Waals surface area contributed by atoms with Gasteiger partial charge in [0.25, 0.3) is 0 Å². The summed E-state index contributed by atoms with van der Waals surface area (Å²) in [7, 11) is 0. The molecule has 0 saturated heterocycles. The van der Waals surface area contributed by atoms with E-state index in [0.717, 1.165) is 134 Å². The van der Waals surface area contributed by atoms with Crippen molar-refractivity contribution in [3.63, 3.8) is 0 Å². The van der Waals surface area contributed by atoms with Gasteiger partial charge in [0.2, 0.25) is 0 Å². The third kappa shape index (κ3) is 9.26. The number of nitrogens with zero attached hydrogens (tertiary/aromatic N) is 2. The summed E-state index contributed by atoms with van der Waals surface area (Å²) in [5, 5.41) is 0. The van der Waals surface area contributed by atoms with Gasteiger partial charge in [-0.2, -0.15) is 0 Å². The summed E-state index contributed by atoms with van der Waals surface area (Å²) in [5.74, 6) is 0. The molecule has 0 aromatic heterocycles. The highest BCUT2D eigenvalue weighted by Gasteiger charge is 2.48. The Hall–Kier alpha value is -11.8. The fourth-order valence-electron chi connectivity index (χ4n) is 14.2. The molecule has 0 fully saturated rings. The summed E-state index contributed by atoms with van der Waals surface area (Å²) in [6.45, 7) is 8.05. The minimum absolute atomic E-state index is 0.166. The number of hydrogen-bond donors (Lipinski definition) is 0. The van der Waals surface area contributed by atoms with E-state index in [2.05, 4.69) is 181 Å². The normalized spacial score (nSPS) is 16.4. The topological polar surface area (TPSA) is 6.48 Å². The van der Waals surface area contributed by atoms with Crippen LogP contribution in [0, 0.1) is 0 Å². The Morgan fingerprint density at radius 2 is 0.533 bits per heavy atom. The molecule has 434 valence electrons. The minimum Gasteiger partial charge on any atom is -0.310 e. The number of hydrogen-bond acceptors (Lipinski definition) is 2. The number of fused-ring (bicyclic) bond motifs is 6. The lowest BCUT2D eigenvalue weighted by molar-refractivity contribution is 0.768. The van der Waals surface area contributed by atoms with Gasteiger partial charge in [0.1, 0.15) is 0 Å². The van der Waals surface area contributed by atoms with Crippen LogP contribution in [0.1, 0.15) is 69.3 Å². The van der Waals surface area contributed by atoms with Crippen molar-refractivity contribution in [1.82, 2.24) is 0 Å². The zero-order valence-corrected chi connectivity index (χ0v) is 50.2. The Balaban J connectivity index is 0.836. The van der Waals surface area contributed by atoms with Crippen LogP contribution < -0.4 is 9.80 Å². The molecule has 16 rings (SSSR count). The highest BCUT2D eigenvalue weighted by molar-refractivity contribution is 5.92. The smallest absolute Gasteiger partial charge is 0.0714 e. The van der Waals surface area contributed by atoms with Crippen LogP contribution >= 0.6 is 0 Å². The highest BCUT2D eigenvalue weighted by Crippen LogP contribution is 2.59. The minimum atomic E-state index is -1.36. The van der Waals surface area contributed by atoms with Gasteiger partial charge >= 0.3 is 0 Å². The first-order valence-corrected chi connectivity index (χ1v) is 30.9. The molecule has 92 heavy (non-hydrogen) atoms. The standard InChI is InChI=1S/C90H64N2/c1-3-63-33-45-73(46-34-63)89(71-25-13-7-14-26-71)85-31-19-17-29-81(85)83-59-57-79(61-87(83)89)91(75-49-37-67(38-50-75)65-21-9-5-10-22-65)77-53-41-69(42-54-77)70-43-55-78(56-44-70)92(76-51-39-68(40-52-76)66-23-11-6-12-24-66)80-58-60-84-82-30-18-20-32-86(82)90(88(84)62-80,72-27-15-8-16-28-72)74-47-35-64(4-2)36-48-74/h3-62H,1-2H2/i7D,8D,13D,14D,15D,16D,25D,26D,27D,28D. The highest BCUT2D eigenvalue weighted by atomic mass is 15.1. The lowest BCUT2D eigenvalue weighted by atomic mass is 9.67. The van der Waals surface area contributed by atoms with E-state index < -0.39 is 47.1 Å². The molecule has 2 unspecified atom stereocenters. The second-order valence-electron chi connectivity index (χ2n) is 23.3. The van der Waals surface area contributed by atoms with Gasteiger partial charge in [-0.25, -0.2) is 0 Å². The van der Waals surface area contributed by atoms with Crippen molar-refractivity contribution in [3.05, 3.63) is 420 Å². The van der Waals surface area contributed by atoms with Gasteiger partial charge in [0, 0.05) is 34.1 Å². The van der Waals surface area contributed by atoms with Gasteiger partial charge in [-0.1, -0.05) is 304 Å². The molecule has 2 aliphatic carbocycles. The molecule has 0 spiro atoms. The Labute approximate surface area is 554 Å². The molecule has 0 bridgehead atoms. The molecule has 0 radical (unpaired) electrons. The summed E-state index contributed by atoms with van der Waals surface area (Å²) in [5.41, 5.74) is 18.7. The second kappa shape index (κ2) is 23.3. The molecule has 2 atom stereocenters. The van der Waals surface area contributed by atoms with Crippen molar-refractivity contribution in [2.45, 2.75) is 10.8 Å². The zero-order valence-electron chi connectivity index (χ0n) is 60.2. The summed E-state index contributed by atoms with van der Waals surface area (Å²) in [6.07, 6.45) is 3.53. The number of benzene rings is 14. The third-order valence-corrected chi connectivity index (χ3v) is 18.5. The Morgan fingerprint density at radius 3 is 0.859 bits per heavy atom. The third-order valence-electron chi connectivity index (χ3n) is 18.5. The van der Waals surface area contributed by atoms with Crippen molar-refractivity contribution in [2.24, 2.45) is 0 Å². The molecule has 0 N–H and O–H groups in total. The maximum absolute atomic E-state index is 9.69. The molecule has 2 nitrogen and oxygen atoms in total. The largest absolute Gasteiger partial charge is 0.310 e. The average Bonchev–Trinajstić information content (AvgIpc) is 1.47. The lowest BCUT2D eigenvalue weighted by Gasteiger charge is -2.35. The molecular weight excluding hydrogens is 1110 g/mol. The van der Waals surface area contributed by atoms with Crippen LogP contribution in [0.4, 0.5) is 34.1 Å². The molecule has 0 saturated carbocycles. The molecule has 14 aromatic rings. The Bertz CT molecular complexity index is 5240. The first-order chi connectivity index (χ1) is 49.6. The van der Waals surface area contributed by atoms with E-state index in [9.17, 15) is 5.48 Å². The Kier molecular flexibility index (Phi) is 11.5. The van der Waals surface area contributed by atoms with Crippen LogP contribution in [0.15, 0.2) is 365 Å². The molecule has 0 aliphatic heterocycles. The number of anilines is 6. The van der Waals surface area contributed by atoms with E-state index in [-0.39, 0.29) is 35.3 Å². The van der Waals surface area contributed by atoms with Crippen LogP contribution in [-0.4, -0.2) is 0 Å². The Morgan fingerprint density at radius 1 is 0.250 bits per heavy atom. The van der Waals surface area contributed by atoms with E-state index in [1.165, 1.54) is 0 Å². The summed E-state index contributed by atoms with van der Waals surface area (Å²) in [4.78, 5) is 4.41. The van der Waals surface area contributed by atoms with Crippen molar-refractivity contribution in [1.29, 1.82) is 0 Å². The van der Waals surface area contributed by atoms with Crippen LogP contribution in [0.2, 0.25) is 0 Å². The maximum atomic E-state index is 9.69. The summed E-state index contributed by atoms with van der Waals surface area (Å²) in [6, 6.07) is 95.2. The van der Waals surface area contributed by atoms with Gasteiger partial charge in [0.05, 0.1) is 24.5 Å². The molecule has 2 heteroatoms. The van der Waals surface area contributed by atoms with Gasteiger partial charge in [-0.3, -0.25) is 0 Å². The van der Waals surface area contributed by atoms with E-state index in [0.29, 0.717) is 0 Å². The lowest BCUT2D eigenvalue weighted by Crippen LogP contribution is -2.28. The fourth-order valence-corrected chi connectivity index (χ4v) is 14.2. The van der Waals surface area contributed by atoms with Crippen molar-refractivity contribution in [3.8, 4) is 55.6 Å². The van der Waals surface area contributed by atoms with Crippen molar-refractivity contribution >= 4 is 46.3 Å². The predicted octanol–water partition coefficient (Wildman–Crippen LogP) is 23.6. The average molecular weight is 1180 g/mol. The summed E-state index contributed by atoms with van der Waals surface area (Å²) < 4.78 is 92.6. The SMILES string of the molecule is [2H]c1c([2H])c([2H])c(C2(c3ccc(C=C)cc3)c3ccccc3-c3ccc(N(c4ccc(-c5ccccc5)cc4)c4ccc(-c5ccc(N(c6ccc(-c7ccccc7)cc6)c6ccc7c(c6)C(c6ccc(C=C)cc6)(c6c([2H])c([2H])c([2H])c([2H])c6[2H])c6ccccc6-7)cc5)cc4)cc32)c([2H])c1[2H]. The van der Waals surface area contributed by atoms with Crippen LogP contribution in [0.3, 0.4) is 0 Å². The molecular formula is C90H64N2. The molecule has 0 heterocycles. The molecule has 0 amide bonds. The van der Waals surface area contributed by atoms with E-state index >= 15 is 0 Å². The van der Waals surface area contributed by atoms with Crippen LogP contribution in [0.5, 0.6) is 0 Å². The number of rotatable bonds is 15. The van der Waals surface area contributed by atoms with E-state index in [1.807, 2.05) is 133 Å². The van der Waals surface area contributed by atoms with Gasteiger partial charge in [0.15, 0.2) is 0 Å². The predicted molar refractivity (Wildman–Crippen MR) is 387 cm³/mol. The molecule has 14 aromatic carbocycles. The summed E-state index contributed by atoms with van der Waals surface area (Å²) >= 11 is 0. The van der Waals surface area contributed by atoms with E-state index in [1.54, 1.807) is 12.2 Å².